The summed E-state index contributed by atoms with van der Waals surface area (Å²) in [7, 11) is 0. The number of aromatic nitrogens is 12. The van der Waals surface area contributed by atoms with Gasteiger partial charge in [-0.05, 0) is 153 Å². The van der Waals surface area contributed by atoms with E-state index in [4.69, 9.17) is 39.9 Å². The molecule has 8 heterocycles. The van der Waals surface area contributed by atoms with Gasteiger partial charge in [-0.25, -0.2) is 39.9 Å². The molecule has 20 aromatic rings. The molecular weight excluding hydrogens is 1640 g/mol. The third-order valence-corrected chi connectivity index (χ3v) is 20.7. The Balaban J connectivity index is 0.000000108. The number of benzene rings is 12. The van der Waals surface area contributed by atoms with Crippen molar-refractivity contribution in [2.24, 2.45) is 0 Å². The summed E-state index contributed by atoms with van der Waals surface area (Å²) in [5.74, 6) is 2.76. The summed E-state index contributed by atoms with van der Waals surface area (Å²) in [6.45, 7) is 0. The first-order valence-electron chi connectivity index (χ1n) is 36.0. The average molecular weight is 1700 g/mol. The zero-order valence-corrected chi connectivity index (χ0v) is 65.9. The van der Waals surface area contributed by atoms with Crippen LogP contribution < -0.4 is 0 Å². The summed E-state index contributed by atoms with van der Waals surface area (Å²) >= 11 is 14.1. The fourth-order valence-corrected chi connectivity index (χ4v) is 15.0. The van der Waals surface area contributed by atoms with Crippen LogP contribution in [0.25, 0.3) is 179 Å². The fraction of sp³-hybridized carbons (Fsp3) is 0. The molecule has 0 saturated heterocycles. The van der Waals surface area contributed by atoms with Gasteiger partial charge in [0.25, 0.3) is 0 Å². The van der Waals surface area contributed by atoms with Crippen molar-refractivity contribution in [1.29, 1.82) is 0 Å². The van der Waals surface area contributed by atoms with E-state index in [1.165, 1.54) is 32.8 Å². The smallest absolute Gasteiger partial charge is 0.160 e. The molecule has 8 aromatic heterocycles. The van der Waals surface area contributed by atoms with Crippen LogP contribution in [0.4, 0.5) is 0 Å². The molecule has 16 heteroatoms. The van der Waals surface area contributed by atoms with Crippen LogP contribution >= 0.6 is 63.7 Å². The summed E-state index contributed by atoms with van der Waals surface area (Å²) in [5.41, 5.74) is 22.7. The highest BCUT2D eigenvalue weighted by molar-refractivity contribution is 9.11. The summed E-state index contributed by atoms with van der Waals surface area (Å²) in [6, 6.07) is 115. The average Bonchev–Trinajstić information content (AvgIpc) is 0.785. The lowest BCUT2D eigenvalue weighted by atomic mass is 10.0. The third-order valence-electron chi connectivity index (χ3n) is 18.7. The number of hydrogen-bond acceptors (Lipinski definition) is 12. The highest BCUT2D eigenvalue weighted by Gasteiger charge is 2.19. The minimum atomic E-state index is 0.687. The number of rotatable bonds is 10. The molecule has 0 saturated carbocycles. The van der Waals surface area contributed by atoms with E-state index in [0.29, 0.717) is 23.3 Å². The van der Waals surface area contributed by atoms with Crippen LogP contribution in [-0.4, -0.2) is 59.8 Å². The topological polar surface area (TPSA) is 155 Å². The number of hydrogen-bond donors (Lipinski definition) is 0. The second-order valence-electron chi connectivity index (χ2n) is 26.1. The van der Waals surface area contributed by atoms with Crippen LogP contribution in [0.15, 0.2) is 382 Å². The normalized spacial score (nSPS) is 11.0. The molecule has 112 heavy (non-hydrogen) atoms. The van der Waals surface area contributed by atoms with E-state index in [2.05, 4.69) is 266 Å². The molecule has 0 aliphatic rings. The number of nitrogens with zero attached hydrogens (tertiary/aromatic N) is 12. The Hall–Kier alpha value is -13.0. The first-order chi connectivity index (χ1) is 55.1. The zero-order chi connectivity index (χ0) is 75.7. The predicted octanol–water partition coefficient (Wildman–Crippen LogP) is 26.1. The molecule has 0 aliphatic heterocycles. The van der Waals surface area contributed by atoms with Crippen molar-refractivity contribution in [3.05, 3.63) is 382 Å². The largest absolute Gasteiger partial charge is 0.252 e. The summed E-state index contributed by atoms with van der Waals surface area (Å²) < 4.78 is 4.00. The van der Waals surface area contributed by atoms with E-state index in [-0.39, 0.29) is 0 Å². The van der Waals surface area contributed by atoms with Gasteiger partial charge in [-0.2, -0.15) is 0 Å². The van der Waals surface area contributed by atoms with Gasteiger partial charge in [-0.3, -0.25) is 19.9 Å². The molecule has 0 aliphatic carbocycles. The Kier molecular flexibility index (Phi) is 21.3. The van der Waals surface area contributed by atoms with Gasteiger partial charge in [0.15, 0.2) is 23.3 Å². The van der Waals surface area contributed by atoms with Crippen molar-refractivity contribution < 1.29 is 0 Å². The molecule has 0 bridgehead atoms. The minimum absolute atomic E-state index is 0.687. The van der Waals surface area contributed by atoms with Gasteiger partial charge >= 0.3 is 0 Å². The van der Waals surface area contributed by atoms with Crippen LogP contribution in [0.5, 0.6) is 0 Å². The summed E-state index contributed by atoms with van der Waals surface area (Å²) in [6.07, 6.45) is 7.15. The summed E-state index contributed by atoms with van der Waals surface area (Å²) in [4.78, 5) is 56.9. The maximum absolute atomic E-state index is 4.94. The van der Waals surface area contributed by atoms with Crippen molar-refractivity contribution in [1.82, 2.24) is 59.8 Å². The second-order valence-corrected chi connectivity index (χ2v) is 29.8. The van der Waals surface area contributed by atoms with E-state index >= 15 is 0 Å². The Labute approximate surface area is 678 Å². The van der Waals surface area contributed by atoms with Gasteiger partial charge in [-0.15, -0.1) is 0 Å². The van der Waals surface area contributed by atoms with Crippen molar-refractivity contribution in [3.63, 3.8) is 0 Å². The monoisotopic (exact) mass is 1700 g/mol. The maximum Gasteiger partial charge on any atom is 0.160 e. The molecule has 0 unspecified atom stereocenters. The van der Waals surface area contributed by atoms with E-state index < -0.39 is 0 Å². The van der Waals surface area contributed by atoms with Crippen LogP contribution in [0.3, 0.4) is 0 Å². The molecule has 0 atom stereocenters. The van der Waals surface area contributed by atoms with Crippen LogP contribution in [0, 0.1) is 0 Å². The molecule has 12 nitrogen and oxygen atoms in total. The molecule has 0 fully saturated rings. The Morgan fingerprint density at radius 1 is 0.179 bits per heavy atom. The van der Waals surface area contributed by atoms with Crippen LogP contribution in [0.2, 0.25) is 0 Å². The quantitative estimate of drug-likeness (QED) is 0.128. The Morgan fingerprint density at radius 2 is 0.491 bits per heavy atom. The molecular formula is C96H60Br4N12. The van der Waals surface area contributed by atoms with Crippen molar-refractivity contribution in [2.45, 2.75) is 0 Å². The minimum Gasteiger partial charge on any atom is -0.252 e. The SMILES string of the molecule is Brc1cccc(-c2nc(-c3ccc(-c4ccccc4)cc3)c3ncccc3n2)c1.Brc1cccc(-c2nc(-c3ccc4ccccc4c3)c3ncccc3n2)c1.Brc1cccc(-c2nc(-c3cccc(-c4ccccc4)c3)c3ncccc3n2)c1.Brc1cccc(-c2nc(-c3cccc4ccccc34)c3ncccc3n2)c1. The molecule has 0 N–H and O–H groups in total. The lowest BCUT2D eigenvalue weighted by molar-refractivity contribution is 1.20. The van der Waals surface area contributed by atoms with Gasteiger partial charge in [0, 0.05) is 87.2 Å². The zero-order valence-electron chi connectivity index (χ0n) is 59.5. The lowest BCUT2D eigenvalue weighted by Gasteiger charge is -2.11. The number of fused-ring (bicyclic) bond motifs is 6. The first-order valence-corrected chi connectivity index (χ1v) is 39.1. The van der Waals surface area contributed by atoms with Gasteiger partial charge < -0.3 is 0 Å². The van der Waals surface area contributed by atoms with Crippen LogP contribution in [0.1, 0.15) is 0 Å². The van der Waals surface area contributed by atoms with Crippen molar-refractivity contribution >= 4 is 129 Å². The predicted molar refractivity (Wildman–Crippen MR) is 470 cm³/mol. The van der Waals surface area contributed by atoms with Crippen LogP contribution in [-0.2, 0) is 0 Å². The molecule has 0 spiro atoms. The van der Waals surface area contributed by atoms with Gasteiger partial charge in [0.05, 0.1) is 22.1 Å². The first kappa shape index (κ1) is 71.9. The van der Waals surface area contributed by atoms with Crippen molar-refractivity contribution in [2.75, 3.05) is 0 Å². The molecule has 0 radical (unpaired) electrons. The molecule has 0 amide bonds. The van der Waals surface area contributed by atoms with Gasteiger partial charge in [0.1, 0.15) is 44.8 Å². The molecule has 532 valence electrons. The van der Waals surface area contributed by atoms with E-state index in [1.54, 1.807) is 24.8 Å². The number of halogens is 4. The van der Waals surface area contributed by atoms with E-state index in [1.807, 2.05) is 158 Å². The highest BCUT2D eigenvalue weighted by atomic mass is 79.9. The van der Waals surface area contributed by atoms with Gasteiger partial charge in [0.2, 0.25) is 0 Å². The third kappa shape index (κ3) is 16.1. The molecule has 12 aromatic carbocycles. The lowest BCUT2D eigenvalue weighted by Crippen LogP contribution is -1.97. The molecule has 20 rings (SSSR count). The van der Waals surface area contributed by atoms with Crippen molar-refractivity contribution in [3.8, 4) is 113 Å². The summed E-state index contributed by atoms with van der Waals surface area (Å²) in [5, 5.41) is 4.73. The fourth-order valence-electron chi connectivity index (χ4n) is 13.4. The number of pyridine rings is 4. The second kappa shape index (κ2) is 33.1. The standard InChI is InChI=1S/2C25H16BrN3.2C23H14BrN3/c26-21-12-5-11-20(16-21)25-28-22-13-6-14-27-24(22)23(29-25)19-10-4-9-18(15-19)17-7-2-1-3-8-17;26-21-9-4-8-20(16-21)25-28-22-10-5-15-27-24(22)23(29-25)19-13-11-18(12-14-19)17-6-2-1-3-7-17;24-17-9-3-8-16(14-17)23-26-20-12-5-13-25-22(20)21(27-23)19-11-4-7-15-6-1-2-10-18(15)19;24-19-8-3-7-18(14-19)23-26-20-9-4-12-25-22(20)21(27-23)17-11-10-15-5-1-2-6-16(15)13-17/h2*1-16H;2*1-14H. The van der Waals surface area contributed by atoms with E-state index in [0.717, 1.165) is 140 Å². The highest BCUT2D eigenvalue weighted by Crippen LogP contribution is 2.38. The van der Waals surface area contributed by atoms with Gasteiger partial charge in [-0.1, -0.05) is 294 Å². The Morgan fingerprint density at radius 3 is 0.955 bits per heavy atom. The van der Waals surface area contributed by atoms with E-state index in [9.17, 15) is 0 Å². The maximum atomic E-state index is 4.94. The Bertz CT molecular complexity index is 6850.